The molecule has 0 aromatic heterocycles. The van der Waals surface area contributed by atoms with Crippen molar-refractivity contribution in [3.63, 3.8) is 0 Å². The molecule has 0 saturated heterocycles. The van der Waals surface area contributed by atoms with Gasteiger partial charge in [0.1, 0.15) is 5.82 Å². The van der Waals surface area contributed by atoms with Crippen LogP contribution >= 0.6 is 0 Å². The summed E-state index contributed by atoms with van der Waals surface area (Å²) in [5.41, 5.74) is 6.68. The van der Waals surface area contributed by atoms with E-state index >= 15 is 0 Å². The molecule has 17 heavy (non-hydrogen) atoms. The highest BCUT2D eigenvalue weighted by Crippen LogP contribution is 2.17. The fraction of sp³-hybridized carbons (Fsp3) is 0.538. The molecule has 0 aliphatic rings. The number of rotatable bonds is 7. The topological polar surface area (TPSA) is 58.3 Å². The number of aliphatic hydroxyl groups excluding tert-OH is 1. The van der Waals surface area contributed by atoms with Crippen molar-refractivity contribution < 1.29 is 9.50 Å². The molecule has 96 valence electrons. The molecular formula is C13H21FN2O. The van der Waals surface area contributed by atoms with Crippen LogP contribution in [0.3, 0.4) is 0 Å². The summed E-state index contributed by atoms with van der Waals surface area (Å²) in [6, 6.07) is 4.44. The van der Waals surface area contributed by atoms with Crippen molar-refractivity contribution in [2.24, 2.45) is 5.92 Å². The van der Waals surface area contributed by atoms with Crippen LogP contribution in [-0.4, -0.2) is 18.3 Å². The van der Waals surface area contributed by atoms with Crippen molar-refractivity contribution in [2.45, 2.75) is 26.2 Å². The monoisotopic (exact) mass is 240 g/mol. The first-order chi connectivity index (χ1) is 8.15. The Morgan fingerprint density at radius 2 is 2.12 bits per heavy atom. The molecule has 0 radical (unpaired) electrons. The van der Waals surface area contributed by atoms with Crippen LogP contribution in [0.5, 0.6) is 0 Å². The van der Waals surface area contributed by atoms with E-state index in [9.17, 15) is 4.39 Å². The number of nitrogens with two attached hydrogens (primary N) is 1. The molecule has 1 aromatic carbocycles. The third-order valence-corrected chi connectivity index (χ3v) is 2.75. The summed E-state index contributed by atoms with van der Waals surface area (Å²) in [7, 11) is 0. The van der Waals surface area contributed by atoms with Gasteiger partial charge in [0, 0.05) is 24.5 Å². The largest absolute Gasteiger partial charge is 0.399 e. The van der Waals surface area contributed by atoms with E-state index in [1.165, 1.54) is 12.1 Å². The van der Waals surface area contributed by atoms with Crippen molar-refractivity contribution in [3.05, 3.63) is 24.0 Å². The number of nitrogen functional groups attached to an aromatic ring is 1. The van der Waals surface area contributed by atoms with Crippen LogP contribution in [0.15, 0.2) is 18.2 Å². The highest BCUT2D eigenvalue weighted by Gasteiger charge is 2.07. The first-order valence-electron chi connectivity index (χ1n) is 6.06. The lowest BCUT2D eigenvalue weighted by molar-refractivity contribution is 0.255. The van der Waals surface area contributed by atoms with Gasteiger partial charge in [-0.15, -0.1) is 0 Å². The predicted octanol–water partition coefficient (Wildman–Crippen LogP) is 2.62. The molecule has 1 aromatic rings. The van der Waals surface area contributed by atoms with E-state index in [2.05, 4.69) is 12.2 Å². The van der Waals surface area contributed by atoms with Crippen LogP contribution in [-0.2, 0) is 0 Å². The smallest absolute Gasteiger partial charge is 0.127 e. The minimum absolute atomic E-state index is 0.192. The number of halogens is 1. The summed E-state index contributed by atoms with van der Waals surface area (Å²) in [6.45, 7) is 3.04. The Morgan fingerprint density at radius 3 is 2.71 bits per heavy atom. The van der Waals surface area contributed by atoms with Crippen LogP contribution in [0.2, 0.25) is 0 Å². The van der Waals surface area contributed by atoms with Crippen LogP contribution in [0, 0.1) is 11.7 Å². The molecule has 1 unspecified atom stereocenters. The van der Waals surface area contributed by atoms with Gasteiger partial charge in [-0.25, -0.2) is 4.39 Å². The van der Waals surface area contributed by atoms with E-state index in [0.29, 0.717) is 17.3 Å². The summed E-state index contributed by atoms with van der Waals surface area (Å²) >= 11 is 0. The molecule has 0 aliphatic carbocycles. The molecular weight excluding hydrogens is 219 g/mol. The fourth-order valence-electron chi connectivity index (χ4n) is 1.92. The molecule has 0 heterocycles. The van der Waals surface area contributed by atoms with Gasteiger partial charge in [0.15, 0.2) is 0 Å². The highest BCUT2D eigenvalue weighted by molar-refractivity contribution is 5.54. The lowest BCUT2D eigenvalue weighted by Gasteiger charge is -2.16. The van der Waals surface area contributed by atoms with E-state index in [0.717, 1.165) is 25.8 Å². The average molecular weight is 240 g/mol. The van der Waals surface area contributed by atoms with Gasteiger partial charge in [-0.05, 0) is 37.0 Å². The van der Waals surface area contributed by atoms with Crippen LogP contribution in [0.1, 0.15) is 26.2 Å². The SMILES string of the molecule is CCCC(CCO)CNc1cc(N)cc(F)c1. The highest BCUT2D eigenvalue weighted by atomic mass is 19.1. The van der Waals surface area contributed by atoms with E-state index in [1.807, 2.05) is 0 Å². The van der Waals surface area contributed by atoms with Gasteiger partial charge in [-0.1, -0.05) is 13.3 Å². The van der Waals surface area contributed by atoms with Gasteiger partial charge in [0.05, 0.1) is 0 Å². The van der Waals surface area contributed by atoms with Crippen molar-refractivity contribution in [2.75, 3.05) is 24.2 Å². The molecule has 0 fully saturated rings. The van der Waals surface area contributed by atoms with E-state index < -0.39 is 0 Å². The third kappa shape index (κ3) is 5.04. The molecule has 4 N–H and O–H groups in total. The number of benzene rings is 1. The Kier molecular flexibility index (Phi) is 5.77. The summed E-state index contributed by atoms with van der Waals surface area (Å²) < 4.78 is 13.1. The summed E-state index contributed by atoms with van der Waals surface area (Å²) in [5.74, 6) is 0.0798. The number of hydrogen-bond acceptors (Lipinski definition) is 3. The number of anilines is 2. The molecule has 0 bridgehead atoms. The summed E-state index contributed by atoms with van der Waals surface area (Å²) in [5, 5.41) is 12.1. The minimum Gasteiger partial charge on any atom is -0.399 e. The first-order valence-corrected chi connectivity index (χ1v) is 6.06. The number of hydrogen-bond donors (Lipinski definition) is 3. The lowest BCUT2D eigenvalue weighted by Crippen LogP contribution is -2.15. The van der Waals surface area contributed by atoms with Gasteiger partial charge in [0.25, 0.3) is 0 Å². The zero-order valence-corrected chi connectivity index (χ0v) is 10.2. The Morgan fingerprint density at radius 1 is 1.35 bits per heavy atom. The number of nitrogens with one attached hydrogen (secondary N) is 1. The molecule has 4 heteroatoms. The van der Waals surface area contributed by atoms with E-state index in [1.54, 1.807) is 6.07 Å². The summed E-state index contributed by atoms with van der Waals surface area (Å²) in [4.78, 5) is 0. The minimum atomic E-state index is -0.332. The van der Waals surface area contributed by atoms with Gasteiger partial charge in [0.2, 0.25) is 0 Å². The van der Waals surface area contributed by atoms with Crippen molar-refractivity contribution in [1.29, 1.82) is 0 Å². The standard InChI is InChI=1S/C13H21FN2O/c1-2-3-10(4-5-17)9-16-13-7-11(14)6-12(15)8-13/h6-8,10,16-17H,2-5,9,15H2,1H3. The van der Waals surface area contributed by atoms with Gasteiger partial charge in [-0.2, -0.15) is 0 Å². The molecule has 3 nitrogen and oxygen atoms in total. The maximum Gasteiger partial charge on any atom is 0.127 e. The van der Waals surface area contributed by atoms with E-state index in [4.69, 9.17) is 10.8 Å². The van der Waals surface area contributed by atoms with Gasteiger partial charge < -0.3 is 16.2 Å². The quantitative estimate of drug-likeness (QED) is 0.642. The zero-order chi connectivity index (χ0) is 12.7. The molecule has 0 amide bonds. The van der Waals surface area contributed by atoms with Gasteiger partial charge in [-0.3, -0.25) is 0 Å². The third-order valence-electron chi connectivity index (χ3n) is 2.75. The average Bonchev–Trinajstić information content (AvgIpc) is 2.25. The Bertz CT molecular complexity index is 318. The van der Waals surface area contributed by atoms with Crippen molar-refractivity contribution in [1.82, 2.24) is 0 Å². The number of aliphatic hydroxyl groups is 1. The summed E-state index contributed by atoms with van der Waals surface area (Å²) in [6.07, 6.45) is 2.90. The zero-order valence-electron chi connectivity index (χ0n) is 10.2. The van der Waals surface area contributed by atoms with Crippen LogP contribution in [0.4, 0.5) is 15.8 Å². The second-order valence-electron chi connectivity index (χ2n) is 4.32. The first kappa shape index (κ1) is 13.8. The van der Waals surface area contributed by atoms with E-state index in [-0.39, 0.29) is 12.4 Å². The predicted molar refractivity (Wildman–Crippen MR) is 69.4 cm³/mol. The second kappa shape index (κ2) is 7.12. The molecule has 1 atom stereocenters. The van der Waals surface area contributed by atoms with Gasteiger partial charge >= 0.3 is 0 Å². The normalized spacial score (nSPS) is 12.4. The van der Waals surface area contributed by atoms with Crippen molar-refractivity contribution in [3.8, 4) is 0 Å². The lowest BCUT2D eigenvalue weighted by atomic mass is 10.00. The molecule has 0 aliphatic heterocycles. The fourth-order valence-corrected chi connectivity index (χ4v) is 1.92. The molecule has 0 spiro atoms. The maximum absolute atomic E-state index is 13.1. The Hall–Kier alpha value is -1.29. The van der Waals surface area contributed by atoms with Crippen molar-refractivity contribution >= 4 is 11.4 Å². The molecule has 0 saturated carbocycles. The van der Waals surface area contributed by atoms with Crippen LogP contribution in [0.25, 0.3) is 0 Å². The maximum atomic E-state index is 13.1. The second-order valence-corrected chi connectivity index (χ2v) is 4.32. The Balaban J connectivity index is 2.52. The molecule has 1 rings (SSSR count). The van der Waals surface area contributed by atoms with Crippen LogP contribution < -0.4 is 11.1 Å². The Labute approximate surface area is 102 Å².